The fourth-order valence-electron chi connectivity index (χ4n) is 1.86. The number of hydrogen-bond donors (Lipinski definition) is 2. The molecule has 0 rings (SSSR count). The summed E-state index contributed by atoms with van der Waals surface area (Å²) in [6.45, 7) is 9.49. The summed E-state index contributed by atoms with van der Waals surface area (Å²) in [5.41, 5.74) is 0.336. The molecule has 15 heavy (non-hydrogen) atoms. The van der Waals surface area contributed by atoms with Crippen molar-refractivity contribution in [3.8, 4) is 0 Å². The van der Waals surface area contributed by atoms with Gasteiger partial charge in [0.2, 0.25) is 0 Å². The predicted octanol–water partition coefficient (Wildman–Crippen LogP) is 1.32. The zero-order chi connectivity index (χ0) is 11.9. The standard InChI is InChI=1S/C12H28N2O/c1-6-12(3,9-13-4)10-14(5)8-7-11(2)15/h11,13,15H,6-10H2,1-5H3. The third-order valence-electron chi connectivity index (χ3n) is 3.04. The Kier molecular flexibility index (Phi) is 7.14. The fourth-order valence-corrected chi connectivity index (χ4v) is 1.86. The Hall–Kier alpha value is -0.120. The van der Waals surface area contributed by atoms with E-state index in [1.54, 1.807) is 0 Å². The molecule has 0 aliphatic rings. The normalized spacial score (nSPS) is 17.8. The molecule has 2 atom stereocenters. The van der Waals surface area contributed by atoms with Crippen LogP contribution in [0.2, 0.25) is 0 Å². The second-order valence-corrected chi connectivity index (χ2v) is 5.07. The van der Waals surface area contributed by atoms with Gasteiger partial charge >= 0.3 is 0 Å². The molecular weight excluding hydrogens is 188 g/mol. The van der Waals surface area contributed by atoms with Crippen molar-refractivity contribution in [2.24, 2.45) is 5.41 Å². The molecule has 0 saturated heterocycles. The second kappa shape index (κ2) is 7.20. The van der Waals surface area contributed by atoms with Crippen molar-refractivity contribution in [1.82, 2.24) is 10.2 Å². The summed E-state index contributed by atoms with van der Waals surface area (Å²) in [5, 5.41) is 12.5. The molecule has 3 nitrogen and oxygen atoms in total. The molecule has 0 fully saturated rings. The first-order valence-electron chi connectivity index (χ1n) is 5.94. The average molecular weight is 216 g/mol. The van der Waals surface area contributed by atoms with Gasteiger partial charge in [-0.25, -0.2) is 0 Å². The zero-order valence-corrected chi connectivity index (χ0v) is 11.0. The first kappa shape index (κ1) is 14.9. The molecule has 0 saturated carbocycles. The number of aliphatic hydroxyl groups is 1. The van der Waals surface area contributed by atoms with Crippen molar-refractivity contribution in [1.29, 1.82) is 0 Å². The van der Waals surface area contributed by atoms with Crippen LogP contribution in [-0.2, 0) is 0 Å². The molecule has 2 unspecified atom stereocenters. The van der Waals surface area contributed by atoms with Crippen LogP contribution in [0, 0.1) is 5.41 Å². The van der Waals surface area contributed by atoms with Crippen LogP contribution in [0.1, 0.15) is 33.6 Å². The Labute approximate surface area is 94.9 Å². The van der Waals surface area contributed by atoms with Gasteiger partial charge in [-0.05, 0) is 39.3 Å². The molecule has 3 heteroatoms. The Morgan fingerprint density at radius 3 is 2.47 bits per heavy atom. The third kappa shape index (κ3) is 6.88. The van der Waals surface area contributed by atoms with Crippen molar-refractivity contribution >= 4 is 0 Å². The predicted molar refractivity (Wildman–Crippen MR) is 66.1 cm³/mol. The highest BCUT2D eigenvalue weighted by molar-refractivity contribution is 4.78. The van der Waals surface area contributed by atoms with E-state index in [0.29, 0.717) is 5.41 Å². The molecule has 0 heterocycles. The summed E-state index contributed by atoms with van der Waals surface area (Å²) in [7, 11) is 4.13. The number of nitrogens with zero attached hydrogens (tertiary/aromatic N) is 1. The maximum Gasteiger partial charge on any atom is 0.0524 e. The van der Waals surface area contributed by atoms with Crippen molar-refractivity contribution in [2.75, 3.05) is 33.7 Å². The maximum atomic E-state index is 9.22. The van der Waals surface area contributed by atoms with E-state index in [4.69, 9.17) is 0 Å². The smallest absolute Gasteiger partial charge is 0.0524 e. The van der Waals surface area contributed by atoms with Crippen LogP contribution in [0.25, 0.3) is 0 Å². The van der Waals surface area contributed by atoms with Crippen LogP contribution in [0.5, 0.6) is 0 Å². The summed E-state index contributed by atoms with van der Waals surface area (Å²) in [6.07, 6.45) is 1.84. The highest BCUT2D eigenvalue weighted by atomic mass is 16.3. The van der Waals surface area contributed by atoms with E-state index in [9.17, 15) is 5.11 Å². The van der Waals surface area contributed by atoms with Crippen molar-refractivity contribution in [2.45, 2.75) is 39.7 Å². The minimum Gasteiger partial charge on any atom is -0.393 e. The molecule has 0 amide bonds. The van der Waals surface area contributed by atoms with Crippen LogP contribution in [0.15, 0.2) is 0 Å². The topological polar surface area (TPSA) is 35.5 Å². The van der Waals surface area contributed by atoms with Gasteiger partial charge in [0.25, 0.3) is 0 Å². The summed E-state index contributed by atoms with van der Waals surface area (Å²) in [4.78, 5) is 2.31. The summed E-state index contributed by atoms with van der Waals surface area (Å²) < 4.78 is 0. The number of nitrogens with one attached hydrogen (secondary N) is 1. The van der Waals surface area contributed by atoms with Gasteiger partial charge in [0.15, 0.2) is 0 Å². The molecule has 0 aromatic rings. The van der Waals surface area contributed by atoms with Gasteiger partial charge in [-0.2, -0.15) is 0 Å². The van der Waals surface area contributed by atoms with E-state index in [2.05, 4.69) is 31.1 Å². The Balaban J connectivity index is 3.94. The van der Waals surface area contributed by atoms with Gasteiger partial charge in [-0.3, -0.25) is 0 Å². The lowest BCUT2D eigenvalue weighted by Crippen LogP contribution is -2.40. The van der Waals surface area contributed by atoms with Crippen LogP contribution in [-0.4, -0.2) is 49.8 Å². The first-order chi connectivity index (χ1) is 6.93. The van der Waals surface area contributed by atoms with Crippen molar-refractivity contribution < 1.29 is 5.11 Å². The quantitative estimate of drug-likeness (QED) is 0.642. The molecule has 0 aromatic heterocycles. The second-order valence-electron chi connectivity index (χ2n) is 5.07. The summed E-state index contributed by atoms with van der Waals surface area (Å²) in [6, 6.07) is 0. The van der Waals surface area contributed by atoms with Crippen LogP contribution >= 0.6 is 0 Å². The van der Waals surface area contributed by atoms with E-state index >= 15 is 0 Å². The zero-order valence-electron chi connectivity index (χ0n) is 11.0. The Morgan fingerprint density at radius 1 is 1.47 bits per heavy atom. The molecule has 0 aliphatic carbocycles. The molecule has 0 spiro atoms. The minimum absolute atomic E-state index is 0.190. The lowest BCUT2D eigenvalue weighted by atomic mass is 9.87. The van der Waals surface area contributed by atoms with Gasteiger partial charge < -0.3 is 15.3 Å². The molecule has 0 radical (unpaired) electrons. The number of hydrogen-bond acceptors (Lipinski definition) is 3. The summed E-state index contributed by atoms with van der Waals surface area (Å²) >= 11 is 0. The van der Waals surface area contributed by atoms with Crippen LogP contribution in [0.3, 0.4) is 0 Å². The van der Waals surface area contributed by atoms with E-state index in [-0.39, 0.29) is 6.10 Å². The molecule has 92 valence electrons. The van der Waals surface area contributed by atoms with E-state index in [1.807, 2.05) is 14.0 Å². The maximum absolute atomic E-state index is 9.22. The fraction of sp³-hybridized carbons (Fsp3) is 1.00. The van der Waals surface area contributed by atoms with E-state index < -0.39 is 0 Å². The minimum atomic E-state index is -0.190. The average Bonchev–Trinajstić information content (AvgIpc) is 2.15. The van der Waals surface area contributed by atoms with Crippen LogP contribution in [0.4, 0.5) is 0 Å². The van der Waals surface area contributed by atoms with Gasteiger partial charge in [0, 0.05) is 19.6 Å². The van der Waals surface area contributed by atoms with Crippen molar-refractivity contribution in [3.05, 3.63) is 0 Å². The molecule has 0 aromatic carbocycles. The lowest BCUT2D eigenvalue weighted by molar-refractivity contribution is 0.138. The monoisotopic (exact) mass is 216 g/mol. The number of aliphatic hydroxyl groups excluding tert-OH is 1. The Bertz CT molecular complexity index is 162. The highest BCUT2D eigenvalue weighted by Gasteiger charge is 2.22. The third-order valence-corrected chi connectivity index (χ3v) is 3.04. The largest absolute Gasteiger partial charge is 0.393 e. The Morgan fingerprint density at radius 2 is 2.07 bits per heavy atom. The van der Waals surface area contributed by atoms with Gasteiger partial charge in [0.1, 0.15) is 0 Å². The summed E-state index contributed by atoms with van der Waals surface area (Å²) in [5.74, 6) is 0. The van der Waals surface area contributed by atoms with E-state index in [1.165, 1.54) is 6.42 Å². The number of rotatable bonds is 8. The van der Waals surface area contributed by atoms with E-state index in [0.717, 1.165) is 26.1 Å². The lowest BCUT2D eigenvalue weighted by Gasteiger charge is -2.33. The van der Waals surface area contributed by atoms with Gasteiger partial charge in [-0.1, -0.05) is 13.8 Å². The van der Waals surface area contributed by atoms with Crippen LogP contribution < -0.4 is 5.32 Å². The molecule has 0 bridgehead atoms. The SMILES string of the molecule is CCC(C)(CNC)CN(C)CCC(C)O. The van der Waals surface area contributed by atoms with Crippen molar-refractivity contribution in [3.63, 3.8) is 0 Å². The van der Waals surface area contributed by atoms with Gasteiger partial charge in [0.05, 0.1) is 6.10 Å². The molecule has 0 aliphatic heterocycles. The van der Waals surface area contributed by atoms with Gasteiger partial charge in [-0.15, -0.1) is 0 Å². The first-order valence-corrected chi connectivity index (χ1v) is 5.94. The molecule has 2 N–H and O–H groups in total. The highest BCUT2D eigenvalue weighted by Crippen LogP contribution is 2.21. The molecular formula is C12H28N2O.